The van der Waals surface area contributed by atoms with Crippen LogP contribution >= 0.6 is 11.8 Å². The number of hydrogen-bond acceptors (Lipinski definition) is 4. The molecule has 2 saturated heterocycles. The molecule has 0 aliphatic carbocycles. The molecule has 0 aromatic heterocycles. The molecule has 2 fully saturated rings. The van der Waals surface area contributed by atoms with Gasteiger partial charge in [0, 0.05) is 12.3 Å². The first-order valence-corrected chi connectivity index (χ1v) is 7.50. The zero-order valence-electron chi connectivity index (χ0n) is 10.7. The first kappa shape index (κ1) is 13.2. The third-order valence-electron chi connectivity index (χ3n) is 3.38. The lowest BCUT2D eigenvalue weighted by molar-refractivity contribution is -0.122. The van der Waals surface area contributed by atoms with Crippen molar-refractivity contribution in [2.45, 2.75) is 37.6 Å². The van der Waals surface area contributed by atoms with Crippen LogP contribution in [0.4, 0.5) is 0 Å². The standard InChI is InChI=1S/C12H23N3OS/c1-9(2)7-14-11(16)10-8-17-12(15-10)3-5-13-6-4-12/h9-10,13,15H,3-8H2,1-2H3,(H,14,16). The Bertz CT molecular complexity index is 277. The molecule has 5 heteroatoms. The zero-order valence-corrected chi connectivity index (χ0v) is 11.5. The second-order valence-corrected chi connectivity index (χ2v) is 6.79. The number of rotatable bonds is 3. The van der Waals surface area contributed by atoms with Crippen molar-refractivity contribution in [1.29, 1.82) is 0 Å². The van der Waals surface area contributed by atoms with Gasteiger partial charge in [0.2, 0.25) is 5.91 Å². The number of hydrogen-bond donors (Lipinski definition) is 3. The van der Waals surface area contributed by atoms with Crippen LogP contribution < -0.4 is 16.0 Å². The molecular weight excluding hydrogens is 234 g/mol. The van der Waals surface area contributed by atoms with Crippen LogP contribution in [-0.2, 0) is 4.79 Å². The molecular formula is C12H23N3OS. The van der Waals surface area contributed by atoms with Crippen molar-refractivity contribution in [1.82, 2.24) is 16.0 Å². The van der Waals surface area contributed by atoms with Gasteiger partial charge in [0.05, 0.1) is 10.9 Å². The average molecular weight is 257 g/mol. The van der Waals surface area contributed by atoms with E-state index in [1.54, 1.807) is 0 Å². The van der Waals surface area contributed by atoms with Gasteiger partial charge in [0.15, 0.2) is 0 Å². The lowest BCUT2D eigenvalue weighted by Gasteiger charge is -2.33. The molecule has 2 aliphatic heterocycles. The normalized spacial score (nSPS) is 27.6. The quantitative estimate of drug-likeness (QED) is 0.691. The highest BCUT2D eigenvalue weighted by Gasteiger charge is 2.42. The fourth-order valence-corrected chi connectivity index (χ4v) is 3.77. The molecule has 4 nitrogen and oxygen atoms in total. The molecule has 0 bridgehead atoms. The SMILES string of the molecule is CC(C)CNC(=O)C1CSC2(CCNCC2)N1. The van der Waals surface area contributed by atoms with E-state index >= 15 is 0 Å². The number of amides is 1. The minimum absolute atomic E-state index is 0.00292. The highest BCUT2D eigenvalue weighted by atomic mass is 32.2. The summed E-state index contributed by atoms with van der Waals surface area (Å²) in [5.74, 6) is 1.59. The Labute approximate surface area is 108 Å². The topological polar surface area (TPSA) is 53.2 Å². The molecule has 0 aromatic rings. The van der Waals surface area contributed by atoms with Crippen molar-refractivity contribution >= 4 is 17.7 Å². The Morgan fingerprint density at radius 2 is 2.18 bits per heavy atom. The van der Waals surface area contributed by atoms with Crippen molar-refractivity contribution in [3.05, 3.63) is 0 Å². The summed E-state index contributed by atoms with van der Waals surface area (Å²) >= 11 is 1.92. The van der Waals surface area contributed by atoms with Gasteiger partial charge < -0.3 is 10.6 Å². The van der Waals surface area contributed by atoms with E-state index in [1.807, 2.05) is 11.8 Å². The molecule has 3 N–H and O–H groups in total. The summed E-state index contributed by atoms with van der Waals surface area (Å²) in [6, 6.07) is -0.00292. The highest BCUT2D eigenvalue weighted by molar-refractivity contribution is 8.01. The molecule has 17 heavy (non-hydrogen) atoms. The molecule has 2 heterocycles. The second-order valence-electron chi connectivity index (χ2n) is 5.39. The molecule has 2 rings (SSSR count). The van der Waals surface area contributed by atoms with E-state index in [-0.39, 0.29) is 16.8 Å². The fourth-order valence-electron chi connectivity index (χ4n) is 2.33. The summed E-state index contributed by atoms with van der Waals surface area (Å²) in [6.07, 6.45) is 2.23. The maximum atomic E-state index is 12.0. The number of carbonyl (C=O) groups excluding carboxylic acids is 1. The number of piperidine rings is 1. The minimum Gasteiger partial charge on any atom is -0.354 e. The number of thioether (sulfide) groups is 1. The fraction of sp³-hybridized carbons (Fsp3) is 0.917. The zero-order chi connectivity index (χ0) is 12.3. The van der Waals surface area contributed by atoms with Gasteiger partial charge >= 0.3 is 0 Å². The Morgan fingerprint density at radius 1 is 1.47 bits per heavy atom. The van der Waals surface area contributed by atoms with Crippen LogP contribution in [0.5, 0.6) is 0 Å². The molecule has 98 valence electrons. The summed E-state index contributed by atoms with van der Waals surface area (Å²) < 4.78 is 0. The minimum atomic E-state index is -0.00292. The number of carbonyl (C=O) groups is 1. The van der Waals surface area contributed by atoms with Crippen LogP contribution in [0, 0.1) is 5.92 Å². The van der Waals surface area contributed by atoms with E-state index in [0.29, 0.717) is 5.92 Å². The number of nitrogens with one attached hydrogen (secondary N) is 3. The van der Waals surface area contributed by atoms with E-state index in [0.717, 1.165) is 38.2 Å². The van der Waals surface area contributed by atoms with Gasteiger partial charge in [-0.15, -0.1) is 11.8 Å². The third kappa shape index (κ3) is 3.36. The Kier molecular flexibility index (Phi) is 4.33. The van der Waals surface area contributed by atoms with Crippen LogP contribution in [0.25, 0.3) is 0 Å². The van der Waals surface area contributed by atoms with Gasteiger partial charge in [-0.1, -0.05) is 13.8 Å². The molecule has 1 spiro atoms. The molecule has 0 aromatic carbocycles. The van der Waals surface area contributed by atoms with Gasteiger partial charge in [0.25, 0.3) is 0 Å². The predicted molar refractivity (Wildman–Crippen MR) is 72.1 cm³/mol. The van der Waals surface area contributed by atoms with Gasteiger partial charge in [0.1, 0.15) is 0 Å². The third-order valence-corrected chi connectivity index (χ3v) is 4.95. The molecule has 2 aliphatic rings. The Balaban J connectivity index is 1.82. The molecule has 1 unspecified atom stereocenters. The molecule has 0 saturated carbocycles. The van der Waals surface area contributed by atoms with Gasteiger partial charge in [-0.05, 0) is 31.8 Å². The smallest absolute Gasteiger partial charge is 0.238 e. The largest absolute Gasteiger partial charge is 0.354 e. The van der Waals surface area contributed by atoms with E-state index in [4.69, 9.17) is 0 Å². The summed E-state index contributed by atoms with van der Waals surface area (Å²) in [4.78, 5) is 12.1. The van der Waals surface area contributed by atoms with E-state index in [2.05, 4.69) is 29.8 Å². The average Bonchev–Trinajstić information content (AvgIpc) is 2.71. The Morgan fingerprint density at radius 3 is 2.82 bits per heavy atom. The first-order valence-electron chi connectivity index (χ1n) is 6.51. The lowest BCUT2D eigenvalue weighted by atomic mass is 10.0. The first-order chi connectivity index (χ1) is 8.11. The van der Waals surface area contributed by atoms with E-state index in [1.165, 1.54) is 0 Å². The van der Waals surface area contributed by atoms with Crippen molar-refractivity contribution in [2.24, 2.45) is 5.92 Å². The van der Waals surface area contributed by atoms with Crippen LogP contribution in [0.1, 0.15) is 26.7 Å². The van der Waals surface area contributed by atoms with E-state index in [9.17, 15) is 4.79 Å². The van der Waals surface area contributed by atoms with Gasteiger partial charge in [-0.3, -0.25) is 10.1 Å². The van der Waals surface area contributed by atoms with Crippen molar-refractivity contribution in [3.63, 3.8) is 0 Å². The maximum Gasteiger partial charge on any atom is 0.238 e. The van der Waals surface area contributed by atoms with Crippen LogP contribution in [0.15, 0.2) is 0 Å². The second kappa shape index (κ2) is 5.59. The predicted octanol–water partition coefficient (Wildman–Crippen LogP) is 0.543. The Hall–Kier alpha value is -0.260. The summed E-state index contributed by atoms with van der Waals surface area (Å²) in [7, 11) is 0. The lowest BCUT2D eigenvalue weighted by Crippen LogP contribution is -2.53. The van der Waals surface area contributed by atoms with Crippen molar-refractivity contribution in [2.75, 3.05) is 25.4 Å². The van der Waals surface area contributed by atoms with Gasteiger partial charge in [-0.25, -0.2) is 0 Å². The van der Waals surface area contributed by atoms with Crippen LogP contribution in [0.2, 0.25) is 0 Å². The van der Waals surface area contributed by atoms with Crippen molar-refractivity contribution in [3.8, 4) is 0 Å². The summed E-state index contributed by atoms with van der Waals surface area (Å²) in [5.41, 5.74) is 0. The molecule has 1 amide bonds. The van der Waals surface area contributed by atoms with E-state index < -0.39 is 0 Å². The molecule has 1 atom stereocenters. The van der Waals surface area contributed by atoms with Crippen LogP contribution in [0.3, 0.4) is 0 Å². The maximum absolute atomic E-state index is 12.0. The molecule has 0 radical (unpaired) electrons. The van der Waals surface area contributed by atoms with Crippen molar-refractivity contribution < 1.29 is 4.79 Å². The van der Waals surface area contributed by atoms with Crippen LogP contribution in [-0.4, -0.2) is 42.2 Å². The monoisotopic (exact) mass is 257 g/mol. The van der Waals surface area contributed by atoms with Gasteiger partial charge in [-0.2, -0.15) is 0 Å². The highest BCUT2D eigenvalue weighted by Crippen LogP contribution is 2.37. The summed E-state index contributed by atoms with van der Waals surface area (Å²) in [6.45, 7) is 7.12. The summed E-state index contributed by atoms with van der Waals surface area (Å²) in [5, 5.41) is 9.92.